The lowest BCUT2D eigenvalue weighted by atomic mass is 10.3. The van der Waals surface area contributed by atoms with E-state index in [1.807, 2.05) is 0 Å². The highest BCUT2D eigenvalue weighted by atomic mass is 31.3. The predicted molar refractivity (Wildman–Crippen MR) is 48.0 cm³/mol. The molecule has 1 unspecified atom stereocenters. The van der Waals surface area contributed by atoms with Gasteiger partial charge in [-0.1, -0.05) is 13.8 Å². The first-order valence-corrected chi connectivity index (χ1v) is 6.60. The average Bonchev–Trinajstić information content (AvgIpc) is 1.78. The van der Waals surface area contributed by atoms with Crippen molar-refractivity contribution in [1.82, 2.24) is 0 Å². The van der Waals surface area contributed by atoms with Crippen LogP contribution in [-0.4, -0.2) is 14.7 Å². The van der Waals surface area contributed by atoms with Crippen molar-refractivity contribution in [2.75, 3.05) is 0 Å². The van der Waals surface area contributed by atoms with Crippen molar-refractivity contribution in [3.63, 3.8) is 0 Å². The fraction of sp³-hybridized carbons (Fsp3) is 0.600. The smallest absolute Gasteiger partial charge is 0.412 e. The molecule has 0 aromatic heterocycles. The van der Waals surface area contributed by atoms with Crippen molar-refractivity contribution < 1.29 is 32.6 Å². The summed E-state index contributed by atoms with van der Waals surface area (Å²) >= 11 is 0. The zero-order valence-electron chi connectivity index (χ0n) is 7.60. The van der Waals surface area contributed by atoms with Gasteiger partial charge in [0.05, 0.1) is 6.26 Å². The van der Waals surface area contributed by atoms with Crippen LogP contribution in [0.3, 0.4) is 0 Å². The number of rotatable bonds is 5. The van der Waals surface area contributed by atoms with E-state index < -0.39 is 15.6 Å². The molecule has 0 bridgehead atoms. The number of phosphoric acid groups is 2. The molecule has 0 radical (unpaired) electrons. The number of hydrogen-bond acceptors (Lipinski definition) is 4. The third kappa shape index (κ3) is 8.44. The molecule has 0 aliphatic rings. The largest absolute Gasteiger partial charge is 0.535 e. The Morgan fingerprint density at radius 1 is 1.29 bits per heavy atom. The molecule has 0 aliphatic heterocycles. The third-order valence-corrected chi connectivity index (χ3v) is 2.93. The molecule has 0 fully saturated rings. The van der Waals surface area contributed by atoms with Crippen LogP contribution in [0.1, 0.15) is 13.8 Å². The van der Waals surface area contributed by atoms with Crippen LogP contribution in [0.15, 0.2) is 12.3 Å². The minimum atomic E-state index is -5.02. The third-order valence-electron chi connectivity index (χ3n) is 0.867. The molecule has 0 aromatic rings. The van der Waals surface area contributed by atoms with Gasteiger partial charge in [0.25, 0.3) is 0 Å². The molecule has 3 N–H and O–H groups in total. The van der Waals surface area contributed by atoms with Crippen LogP contribution in [0.25, 0.3) is 0 Å². The van der Waals surface area contributed by atoms with E-state index in [9.17, 15) is 9.13 Å². The molecule has 1 atom stereocenters. The van der Waals surface area contributed by atoms with Gasteiger partial charge in [0.2, 0.25) is 0 Å². The highest BCUT2D eigenvalue weighted by molar-refractivity contribution is 7.60. The average molecular weight is 248 g/mol. The second-order valence-corrected chi connectivity index (χ2v) is 5.50. The Bertz CT molecular complexity index is 290. The van der Waals surface area contributed by atoms with Gasteiger partial charge < -0.3 is 14.3 Å². The van der Waals surface area contributed by atoms with E-state index >= 15 is 0 Å². The Morgan fingerprint density at radius 3 is 2.14 bits per heavy atom. The van der Waals surface area contributed by atoms with Gasteiger partial charge in [-0.3, -0.25) is 4.89 Å². The van der Waals surface area contributed by atoms with E-state index in [1.165, 1.54) is 6.08 Å². The Balaban J connectivity index is 4.23. The molecule has 84 valence electrons. The van der Waals surface area contributed by atoms with E-state index in [0.717, 1.165) is 6.26 Å². The summed E-state index contributed by atoms with van der Waals surface area (Å²) in [6, 6.07) is 0. The van der Waals surface area contributed by atoms with Crippen molar-refractivity contribution in [3.05, 3.63) is 12.3 Å². The summed E-state index contributed by atoms with van der Waals surface area (Å²) < 4.78 is 28.6. The molecule has 14 heavy (non-hydrogen) atoms. The lowest BCUT2D eigenvalue weighted by molar-refractivity contribution is 0.216. The lowest BCUT2D eigenvalue weighted by Crippen LogP contribution is -1.89. The molecular formula is C5H12O7P2. The van der Waals surface area contributed by atoms with Crippen molar-refractivity contribution in [3.8, 4) is 0 Å². The molecule has 0 spiro atoms. The Hall–Kier alpha value is -0.160. The molecule has 0 aromatic carbocycles. The minimum absolute atomic E-state index is 0.0741. The van der Waals surface area contributed by atoms with Gasteiger partial charge in [0, 0.05) is 0 Å². The summed E-state index contributed by atoms with van der Waals surface area (Å²) in [7, 11) is -9.74. The van der Waals surface area contributed by atoms with Crippen LogP contribution in [-0.2, 0) is 18.0 Å². The SMILES string of the molecule is CC(C)C=[14CH]OP(=O)(O)OP(=O)(O)O. The van der Waals surface area contributed by atoms with Crippen LogP contribution < -0.4 is 0 Å². The van der Waals surface area contributed by atoms with Gasteiger partial charge in [-0.05, 0) is 12.0 Å². The summed E-state index contributed by atoms with van der Waals surface area (Å²) in [5.41, 5.74) is 0. The van der Waals surface area contributed by atoms with Gasteiger partial charge in [0.15, 0.2) is 0 Å². The standard InChI is InChI=1S/C5H12O7P2/c1-5(2)3-4-11-14(9,10)12-13(6,7)8/h3-5H,1-2H3,(H,9,10)(H2,6,7,8)/i4+2. The second-order valence-electron chi connectivity index (χ2n) is 2.72. The molecular weight excluding hydrogens is 236 g/mol. The molecule has 9 heteroatoms. The van der Waals surface area contributed by atoms with Gasteiger partial charge >= 0.3 is 15.6 Å². The predicted octanol–water partition coefficient (Wildman–Crippen LogP) is 1.38. The maximum absolute atomic E-state index is 10.8. The van der Waals surface area contributed by atoms with Gasteiger partial charge in [-0.25, -0.2) is 9.13 Å². The van der Waals surface area contributed by atoms with Gasteiger partial charge in [-0.2, -0.15) is 4.31 Å². The first-order valence-electron chi connectivity index (χ1n) is 3.57. The Labute approximate surface area is 81.2 Å². The molecule has 0 aliphatic carbocycles. The van der Waals surface area contributed by atoms with Crippen LogP contribution >= 0.6 is 15.6 Å². The highest BCUT2D eigenvalue weighted by Crippen LogP contribution is 2.57. The molecule has 0 rings (SSSR count). The van der Waals surface area contributed by atoms with Crippen molar-refractivity contribution >= 4 is 15.6 Å². The van der Waals surface area contributed by atoms with Crippen LogP contribution in [0, 0.1) is 5.92 Å². The monoisotopic (exact) mass is 248 g/mol. The summed E-state index contributed by atoms with van der Waals surface area (Å²) in [6.07, 6.45) is 2.28. The van der Waals surface area contributed by atoms with Gasteiger partial charge in [-0.15, -0.1) is 0 Å². The van der Waals surface area contributed by atoms with Gasteiger partial charge in [0.1, 0.15) is 0 Å². The zero-order chi connectivity index (χ0) is 11.4. The van der Waals surface area contributed by atoms with E-state index in [2.05, 4.69) is 8.83 Å². The topological polar surface area (TPSA) is 113 Å². The normalized spacial score (nSPS) is 17.3. The summed E-state index contributed by atoms with van der Waals surface area (Å²) in [4.78, 5) is 25.2. The van der Waals surface area contributed by atoms with Crippen LogP contribution in [0.2, 0.25) is 0 Å². The van der Waals surface area contributed by atoms with Crippen LogP contribution in [0.4, 0.5) is 0 Å². The molecule has 0 amide bonds. The summed E-state index contributed by atoms with van der Waals surface area (Å²) in [6.45, 7) is 3.57. The molecule has 7 nitrogen and oxygen atoms in total. The van der Waals surface area contributed by atoms with E-state index in [0.29, 0.717) is 0 Å². The van der Waals surface area contributed by atoms with Crippen molar-refractivity contribution in [2.45, 2.75) is 13.8 Å². The first kappa shape index (κ1) is 13.8. The van der Waals surface area contributed by atoms with Crippen molar-refractivity contribution in [1.29, 1.82) is 0 Å². The fourth-order valence-electron chi connectivity index (χ4n) is 0.423. The van der Waals surface area contributed by atoms with Crippen LogP contribution in [0.5, 0.6) is 0 Å². The molecule has 0 saturated heterocycles. The Kier molecular flexibility index (Phi) is 5.01. The number of phosphoric ester groups is 1. The maximum Gasteiger partial charge on any atom is 0.535 e. The fourth-order valence-corrected chi connectivity index (χ4v) is 1.88. The first-order chi connectivity index (χ1) is 6.12. The second kappa shape index (κ2) is 5.07. The zero-order valence-corrected chi connectivity index (χ0v) is 9.39. The Morgan fingerprint density at radius 2 is 1.79 bits per heavy atom. The molecule has 0 heterocycles. The summed E-state index contributed by atoms with van der Waals surface area (Å²) in [5, 5.41) is 0. The van der Waals surface area contributed by atoms with E-state index in [-0.39, 0.29) is 5.92 Å². The maximum atomic E-state index is 10.8. The minimum Gasteiger partial charge on any atom is -0.412 e. The lowest BCUT2D eigenvalue weighted by Gasteiger charge is -2.10. The van der Waals surface area contributed by atoms with E-state index in [4.69, 9.17) is 14.7 Å². The number of allylic oxidation sites excluding steroid dienone is 1. The number of hydrogen-bond donors (Lipinski definition) is 3. The highest BCUT2D eigenvalue weighted by Gasteiger charge is 2.32. The van der Waals surface area contributed by atoms with Crippen molar-refractivity contribution in [2.24, 2.45) is 5.92 Å². The molecule has 0 saturated carbocycles. The summed E-state index contributed by atoms with van der Waals surface area (Å²) in [5.74, 6) is 0.0741. The van der Waals surface area contributed by atoms with E-state index in [1.54, 1.807) is 13.8 Å². The quantitative estimate of drug-likeness (QED) is 0.497.